The Morgan fingerprint density at radius 3 is 2.43 bits per heavy atom. The molecule has 0 atom stereocenters. The lowest BCUT2D eigenvalue weighted by atomic mass is 10.0. The van der Waals surface area contributed by atoms with Crippen LogP contribution in [-0.4, -0.2) is 34.7 Å². The summed E-state index contributed by atoms with van der Waals surface area (Å²) in [5.74, 6) is -1.49. The third-order valence-electron chi connectivity index (χ3n) is 5.20. The van der Waals surface area contributed by atoms with Crippen LogP contribution in [0.5, 0.6) is 0 Å². The molecule has 0 unspecified atom stereocenters. The molecule has 0 fully saturated rings. The van der Waals surface area contributed by atoms with Crippen molar-refractivity contribution < 1.29 is 31.7 Å². The number of aromatic nitrogens is 2. The minimum Gasteiger partial charge on any atom is -0.343 e. The molecule has 0 spiro atoms. The van der Waals surface area contributed by atoms with Crippen LogP contribution in [0.2, 0.25) is 0 Å². The molecule has 7 nitrogen and oxygen atoms in total. The molecule has 1 aromatic heterocycles. The molecule has 11 heteroatoms. The molecule has 3 rings (SSSR count). The fourth-order valence-electron chi connectivity index (χ4n) is 3.15. The topological polar surface area (TPSA) is 97.1 Å². The maximum absolute atomic E-state index is 14.2. The Morgan fingerprint density at radius 2 is 1.80 bits per heavy atom. The van der Waals surface area contributed by atoms with Crippen molar-refractivity contribution in [3.8, 4) is 11.4 Å². The number of alkyl halides is 3. The van der Waals surface area contributed by atoms with E-state index in [0.29, 0.717) is 11.7 Å². The predicted molar refractivity (Wildman–Crippen MR) is 120 cm³/mol. The number of anilines is 1. The molecular formula is C24H24F4N4O3. The summed E-state index contributed by atoms with van der Waals surface area (Å²) >= 11 is 0. The first-order valence-electron chi connectivity index (χ1n) is 10.8. The van der Waals surface area contributed by atoms with Crippen molar-refractivity contribution in [1.29, 1.82) is 0 Å². The van der Waals surface area contributed by atoms with Crippen LogP contribution in [0, 0.1) is 12.7 Å². The lowest BCUT2D eigenvalue weighted by molar-refractivity contribution is -0.123. The molecule has 0 radical (unpaired) electrons. The van der Waals surface area contributed by atoms with Crippen LogP contribution in [0.15, 0.2) is 40.9 Å². The summed E-state index contributed by atoms with van der Waals surface area (Å²) in [5.41, 5.74) is 1.60. The van der Waals surface area contributed by atoms with Crippen molar-refractivity contribution in [2.45, 2.75) is 45.7 Å². The highest BCUT2D eigenvalue weighted by molar-refractivity contribution is 5.97. The van der Waals surface area contributed by atoms with Crippen molar-refractivity contribution in [3.05, 3.63) is 64.8 Å². The van der Waals surface area contributed by atoms with Gasteiger partial charge in [0, 0.05) is 35.2 Å². The van der Waals surface area contributed by atoms with E-state index in [0.717, 1.165) is 17.7 Å². The number of aryl methyl sites for hydroxylation is 1. The smallest absolute Gasteiger partial charge is 0.343 e. The maximum Gasteiger partial charge on any atom is 0.405 e. The van der Waals surface area contributed by atoms with Gasteiger partial charge in [-0.3, -0.25) is 9.59 Å². The van der Waals surface area contributed by atoms with E-state index in [1.54, 1.807) is 5.32 Å². The number of amides is 2. The van der Waals surface area contributed by atoms with Crippen molar-refractivity contribution >= 4 is 17.5 Å². The monoisotopic (exact) mass is 492 g/mol. The standard InChI is InChI=1S/C24H24F4N4O3/c1-13(2)15-4-6-16(7-5-15)22-31-21(35-32-22)9-8-20(33)30-19-11-17(10-18(25)14(19)3)23(34)29-12-24(26,27)28/h4-7,10-11,13H,8-9,12H2,1-3H3,(H,29,34)(H,30,33). The average molecular weight is 492 g/mol. The summed E-state index contributed by atoms with van der Waals surface area (Å²) in [6, 6.07) is 9.64. The first-order chi connectivity index (χ1) is 16.4. The molecule has 2 aromatic carbocycles. The van der Waals surface area contributed by atoms with Crippen LogP contribution in [0.4, 0.5) is 23.2 Å². The van der Waals surface area contributed by atoms with Gasteiger partial charge in [0.05, 0.1) is 0 Å². The molecule has 3 aromatic rings. The Labute approximate surface area is 198 Å². The van der Waals surface area contributed by atoms with Crippen LogP contribution in [0.25, 0.3) is 11.4 Å². The Hall–Kier alpha value is -3.76. The lowest BCUT2D eigenvalue weighted by Gasteiger charge is -2.12. The van der Waals surface area contributed by atoms with Crippen LogP contribution in [0.1, 0.15) is 53.6 Å². The Kier molecular flexibility index (Phi) is 7.88. The zero-order chi connectivity index (χ0) is 25.8. The van der Waals surface area contributed by atoms with Gasteiger partial charge in [0.2, 0.25) is 17.6 Å². The van der Waals surface area contributed by atoms with E-state index >= 15 is 0 Å². The zero-order valence-electron chi connectivity index (χ0n) is 19.3. The molecule has 0 saturated carbocycles. The highest BCUT2D eigenvalue weighted by Crippen LogP contribution is 2.23. The summed E-state index contributed by atoms with van der Waals surface area (Å²) in [6.45, 7) is 3.98. The number of hydrogen-bond donors (Lipinski definition) is 2. The average Bonchev–Trinajstić information content (AvgIpc) is 3.27. The van der Waals surface area contributed by atoms with E-state index in [4.69, 9.17) is 4.52 Å². The predicted octanol–water partition coefficient (Wildman–Crippen LogP) is 5.17. The number of nitrogens with one attached hydrogen (secondary N) is 2. The third kappa shape index (κ3) is 7.11. The number of carbonyl (C=O) groups is 2. The fourth-order valence-corrected chi connectivity index (χ4v) is 3.15. The van der Waals surface area contributed by atoms with E-state index < -0.39 is 30.4 Å². The molecule has 0 aliphatic heterocycles. The van der Waals surface area contributed by atoms with E-state index in [1.165, 1.54) is 12.5 Å². The van der Waals surface area contributed by atoms with Gasteiger partial charge in [-0.15, -0.1) is 0 Å². The molecule has 186 valence electrons. The van der Waals surface area contributed by atoms with E-state index in [2.05, 4.69) is 29.3 Å². The lowest BCUT2D eigenvalue weighted by Crippen LogP contribution is -2.33. The Bertz CT molecular complexity index is 1200. The maximum atomic E-state index is 14.2. The number of hydrogen-bond acceptors (Lipinski definition) is 5. The van der Waals surface area contributed by atoms with Crippen LogP contribution in [-0.2, 0) is 11.2 Å². The van der Waals surface area contributed by atoms with Gasteiger partial charge < -0.3 is 15.2 Å². The molecular weight excluding hydrogens is 468 g/mol. The van der Waals surface area contributed by atoms with Gasteiger partial charge in [-0.05, 0) is 30.5 Å². The summed E-state index contributed by atoms with van der Waals surface area (Å²) < 4.78 is 56.4. The number of benzene rings is 2. The summed E-state index contributed by atoms with van der Waals surface area (Å²) in [4.78, 5) is 28.6. The van der Waals surface area contributed by atoms with Crippen molar-refractivity contribution in [2.75, 3.05) is 11.9 Å². The number of halogens is 4. The van der Waals surface area contributed by atoms with Crippen LogP contribution >= 0.6 is 0 Å². The minimum absolute atomic E-state index is 0.0244. The normalized spacial score (nSPS) is 11.5. The summed E-state index contributed by atoms with van der Waals surface area (Å²) in [6.07, 6.45) is -4.59. The molecule has 0 aliphatic rings. The van der Waals surface area contributed by atoms with Gasteiger partial charge in [0.1, 0.15) is 12.4 Å². The van der Waals surface area contributed by atoms with Gasteiger partial charge >= 0.3 is 6.18 Å². The molecule has 0 aliphatic carbocycles. The van der Waals surface area contributed by atoms with Crippen molar-refractivity contribution in [1.82, 2.24) is 15.5 Å². The molecule has 35 heavy (non-hydrogen) atoms. The van der Waals surface area contributed by atoms with Crippen molar-refractivity contribution in [3.63, 3.8) is 0 Å². The van der Waals surface area contributed by atoms with E-state index in [1.807, 2.05) is 24.3 Å². The molecule has 1 heterocycles. The van der Waals surface area contributed by atoms with Gasteiger partial charge in [-0.2, -0.15) is 18.2 Å². The number of carbonyl (C=O) groups excluding carboxylic acids is 2. The summed E-state index contributed by atoms with van der Waals surface area (Å²) in [7, 11) is 0. The Morgan fingerprint density at radius 1 is 1.11 bits per heavy atom. The van der Waals surface area contributed by atoms with Crippen molar-refractivity contribution in [2.24, 2.45) is 0 Å². The van der Waals surface area contributed by atoms with Gasteiger partial charge in [-0.25, -0.2) is 4.39 Å². The van der Waals surface area contributed by atoms with Gasteiger partial charge in [-0.1, -0.05) is 43.3 Å². The third-order valence-corrected chi connectivity index (χ3v) is 5.20. The second-order valence-electron chi connectivity index (χ2n) is 8.27. The van der Waals surface area contributed by atoms with Gasteiger partial charge in [0.15, 0.2) is 0 Å². The highest BCUT2D eigenvalue weighted by Gasteiger charge is 2.28. The second-order valence-corrected chi connectivity index (χ2v) is 8.27. The largest absolute Gasteiger partial charge is 0.405 e. The van der Waals surface area contributed by atoms with E-state index in [9.17, 15) is 27.2 Å². The number of rotatable bonds is 8. The second kappa shape index (κ2) is 10.7. The first kappa shape index (κ1) is 25.9. The molecule has 0 bridgehead atoms. The zero-order valence-corrected chi connectivity index (χ0v) is 19.3. The highest BCUT2D eigenvalue weighted by atomic mass is 19.4. The van der Waals surface area contributed by atoms with Crippen LogP contribution in [0.3, 0.4) is 0 Å². The SMILES string of the molecule is Cc1c(F)cc(C(=O)NCC(F)(F)F)cc1NC(=O)CCc1nc(-c2ccc(C(C)C)cc2)no1. The molecule has 2 amide bonds. The van der Waals surface area contributed by atoms with E-state index in [-0.39, 0.29) is 35.5 Å². The first-order valence-corrected chi connectivity index (χ1v) is 10.8. The summed E-state index contributed by atoms with van der Waals surface area (Å²) in [5, 5.41) is 8.06. The quantitative estimate of drug-likeness (QED) is 0.423. The fraction of sp³-hybridized carbons (Fsp3) is 0.333. The Balaban J connectivity index is 1.61. The van der Waals surface area contributed by atoms with Gasteiger partial charge in [0.25, 0.3) is 5.91 Å². The molecule has 2 N–H and O–H groups in total. The molecule has 0 saturated heterocycles. The number of nitrogens with zero attached hydrogens (tertiary/aromatic N) is 2. The minimum atomic E-state index is -4.61. The van der Waals surface area contributed by atoms with Crippen LogP contribution < -0.4 is 10.6 Å².